The minimum Gasteiger partial charge on any atom is -0.385 e. The number of nitrogens with zero attached hydrogens (tertiary/aromatic N) is 3. The summed E-state index contributed by atoms with van der Waals surface area (Å²) in [5.41, 5.74) is 5.65. The number of rotatable bonds is 3. The largest absolute Gasteiger partial charge is 0.385 e. The summed E-state index contributed by atoms with van der Waals surface area (Å²) < 4.78 is 5.20. The molecular formula is C25H27N3O2. The van der Waals surface area contributed by atoms with Crippen LogP contribution in [0.4, 0.5) is 0 Å². The molecule has 0 spiro atoms. The van der Waals surface area contributed by atoms with Gasteiger partial charge < -0.3 is 9.63 Å². The van der Waals surface area contributed by atoms with Gasteiger partial charge in [-0.1, -0.05) is 38.1 Å². The third kappa shape index (κ3) is 3.29. The van der Waals surface area contributed by atoms with Gasteiger partial charge in [0.1, 0.15) is 6.26 Å². The number of hydrogen-bond acceptors (Lipinski definition) is 5. The zero-order valence-corrected chi connectivity index (χ0v) is 18.3. The zero-order chi connectivity index (χ0) is 21.7. The summed E-state index contributed by atoms with van der Waals surface area (Å²) in [5.74, 6) is 0. The standard InChI is InChI=1S/C25H27N3O2/c1-15-10-21(25(6,29)24(3,4)5)19-12-18(17-8-7-9-26-13-17)23(27-22(19)11-15)20-14-30-28-16(20)2/h7-14,29H,1-6H3. The Labute approximate surface area is 176 Å². The number of benzene rings is 1. The third-order valence-electron chi connectivity index (χ3n) is 6.04. The third-order valence-corrected chi connectivity index (χ3v) is 6.04. The van der Waals surface area contributed by atoms with Crippen LogP contribution in [0.5, 0.6) is 0 Å². The lowest BCUT2D eigenvalue weighted by molar-refractivity contribution is -0.0457. The van der Waals surface area contributed by atoms with Crippen molar-refractivity contribution in [3.05, 3.63) is 65.8 Å². The highest BCUT2D eigenvalue weighted by Crippen LogP contribution is 2.44. The number of fused-ring (bicyclic) bond motifs is 1. The maximum atomic E-state index is 11.5. The average molecular weight is 402 g/mol. The van der Waals surface area contributed by atoms with Gasteiger partial charge in [0.2, 0.25) is 0 Å². The Morgan fingerprint density at radius 1 is 1.00 bits per heavy atom. The van der Waals surface area contributed by atoms with E-state index in [1.165, 1.54) is 0 Å². The Morgan fingerprint density at radius 2 is 1.77 bits per heavy atom. The molecular weight excluding hydrogens is 374 g/mol. The van der Waals surface area contributed by atoms with Crippen LogP contribution in [0, 0.1) is 19.3 Å². The van der Waals surface area contributed by atoms with Crippen LogP contribution in [-0.4, -0.2) is 20.2 Å². The maximum Gasteiger partial charge on any atom is 0.133 e. The first-order valence-electron chi connectivity index (χ1n) is 10.1. The van der Waals surface area contributed by atoms with Gasteiger partial charge in [0.05, 0.1) is 28.1 Å². The molecule has 154 valence electrons. The highest BCUT2D eigenvalue weighted by atomic mass is 16.5. The van der Waals surface area contributed by atoms with Crippen molar-refractivity contribution in [3.63, 3.8) is 0 Å². The van der Waals surface area contributed by atoms with E-state index in [1.807, 2.05) is 59.9 Å². The smallest absolute Gasteiger partial charge is 0.133 e. The van der Waals surface area contributed by atoms with Gasteiger partial charge >= 0.3 is 0 Å². The van der Waals surface area contributed by atoms with Gasteiger partial charge in [-0.25, -0.2) is 4.98 Å². The van der Waals surface area contributed by atoms with E-state index >= 15 is 0 Å². The molecule has 1 N–H and O–H groups in total. The molecule has 0 aliphatic carbocycles. The molecule has 0 fully saturated rings. The minimum atomic E-state index is -1.04. The molecule has 4 rings (SSSR count). The summed E-state index contributed by atoms with van der Waals surface area (Å²) in [7, 11) is 0. The second-order valence-electron chi connectivity index (χ2n) is 9.14. The van der Waals surface area contributed by atoms with Crippen molar-refractivity contribution in [2.75, 3.05) is 0 Å². The number of aryl methyl sites for hydroxylation is 2. The summed E-state index contributed by atoms with van der Waals surface area (Å²) in [6.07, 6.45) is 5.21. The van der Waals surface area contributed by atoms with Gasteiger partial charge in [0, 0.05) is 28.9 Å². The molecule has 0 aliphatic rings. The van der Waals surface area contributed by atoms with Crippen molar-refractivity contribution in [2.24, 2.45) is 5.41 Å². The van der Waals surface area contributed by atoms with Crippen LogP contribution in [0.15, 0.2) is 53.5 Å². The quantitative estimate of drug-likeness (QED) is 0.468. The molecule has 0 saturated heterocycles. The predicted molar refractivity (Wildman–Crippen MR) is 119 cm³/mol. The molecule has 5 heteroatoms. The molecule has 0 saturated carbocycles. The van der Waals surface area contributed by atoms with Gasteiger partial charge in [-0.2, -0.15) is 0 Å². The molecule has 5 nitrogen and oxygen atoms in total. The van der Waals surface area contributed by atoms with Gasteiger partial charge in [-0.05, 0) is 55.5 Å². The van der Waals surface area contributed by atoms with Crippen molar-refractivity contribution in [2.45, 2.75) is 47.1 Å². The molecule has 30 heavy (non-hydrogen) atoms. The fraction of sp³-hybridized carbons (Fsp3) is 0.320. The number of aromatic nitrogens is 3. The summed E-state index contributed by atoms with van der Waals surface area (Å²) in [4.78, 5) is 9.33. The fourth-order valence-electron chi connectivity index (χ4n) is 3.69. The van der Waals surface area contributed by atoms with E-state index in [0.29, 0.717) is 0 Å². The van der Waals surface area contributed by atoms with Gasteiger partial charge in [0.25, 0.3) is 0 Å². The predicted octanol–water partition coefficient (Wildman–Crippen LogP) is 5.82. The van der Waals surface area contributed by atoms with Crippen LogP contribution in [0.3, 0.4) is 0 Å². The first kappa shape index (κ1) is 20.2. The van der Waals surface area contributed by atoms with E-state index in [0.717, 1.165) is 50.1 Å². The lowest BCUT2D eigenvalue weighted by atomic mass is 9.72. The van der Waals surface area contributed by atoms with Crippen molar-refractivity contribution in [1.82, 2.24) is 15.1 Å². The van der Waals surface area contributed by atoms with Gasteiger partial charge in [0.15, 0.2) is 0 Å². The molecule has 0 aliphatic heterocycles. The molecule has 0 amide bonds. The Hall–Kier alpha value is -3.05. The lowest BCUT2D eigenvalue weighted by Crippen LogP contribution is -2.37. The minimum absolute atomic E-state index is 0.355. The summed E-state index contributed by atoms with van der Waals surface area (Å²) in [5, 5.41) is 16.5. The van der Waals surface area contributed by atoms with Crippen LogP contribution in [0.1, 0.15) is 44.5 Å². The Bertz CT molecular complexity index is 1220. The summed E-state index contributed by atoms with van der Waals surface area (Å²) in [6, 6.07) is 10.1. The molecule has 1 aromatic carbocycles. The van der Waals surface area contributed by atoms with Crippen LogP contribution in [0.2, 0.25) is 0 Å². The van der Waals surface area contributed by atoms with E-state index < -0.39 is 5.60 Å². The van der Waals surface area contributed by atoms with Crippen molar-refractivity contribution >= 4 is 10.9 Å². The van der Waals surface area contributed by atoms with E-state index in [2.05, 4.69) is 28.3 Å². The molecule has 0 radical (unpaired) electrons. The fourth-order valence-corrected chi connectivity index (χ4v) is 3.69. The summed E-state index contributed by atoms with van der Waals surface area (Å²) >= 11 is 0. The van der Waals surface area contributed by atoms with Gasteiger partial charge in [-0.15, -0.1) is 0 Å². The number of aliphatic hydroxyl groups is 1. The Morgan fingerprint density at radius 3 is 2.37 bits per heavy atom. The normalized spacial score (nSPS) is 14.1. The highest BCUT2D eigenvalue weighted by molar-refractivity contribution is 5.94. The zero-order valence-electron chi connectivity index (χ0n) is 18.3. The highest BCUT2D eigenvalue weighted by Gasteiger charge is 2.38. The molecule has 0 bridgehead atoms. The molecule has 3 aromatic heterocycles. The Balaban J connectivity index is 2.11. The second kappa shape index (κ2) is 7.03. The first-order valence-corrected chi connectivity index (χ1v) is 10.1. The van der Waals surface area contributed by atoms with Crippen LogP contribution < -0.4 is 0 Å². The second-order valence-corrected chi connectivity index (χ2v) is 9.14. The molecule has 3 heterocycles. The molecule has 1 unspecified atom stereocenters. The van der Waals surface area contributed by atoms with Crippen LogP contribution in [0.25, 0.3) is 33.3 Å². The first-order chi connectivity index (χ1) is 14.1. The SMILES string of the molecule is Cc1cc(C(C)(O)C(C)(C)C)c2cc(-c3cccnc3)c(-c3conc3C)nc2c1. The van der Waals surface area contributed by atoms with Crippen molar-refractivity contribution in [3.8, 4) is 22.4 Å². The maximum absolute atomic E-state index is 11.5. The van der Waals surface area contributed by atoms with Crippen LogP contribution in [-0.2, 0) is 5.60 Å². The number of hydrogen-bond donors (Lipinski definition) is 1. The Kier molecular flexibility index (Phi) is 4.74. The summed E-state index contributed by atoms with van der Waals surface area (Å²) in [6.45, 7) is 12.0. The lowest BCUT2D eigenvalue weighted by Gasteiger charge is -2.38. The van der Waals surface area contributed by atoms with E-state index in [-0.39, 0.29) is 5.41 Å². The van der Waals surface area contributed by atoms with E-state index in [4.69, 9.17) is 9.51 Å². The average Bonchev–Trinajstić information content (AvgIpc) is 3.12. The van der Waals surface area contributed by atoms with E-state index in [1.54, 1.807) is 12.5 Å². The van der Waals surface area contributed by atoms with Crippen LogP contribution >= 0.6 is 0 Å². The molecule has 1 atom stereocenters. The molecule has 4 aromatic rings. The van der Waals surface area contributed by atoms with E-state index in [9.17, 15) is 5.11 Å². The monoisotopic (exact) mass is 401 g/mol. The topological polar surface area (TPSA) is 72.0 Å². The van der Waals surface area contributed by atoms with Crippen molar-refractivity contribution < 1.29 is 9.63 Å². The van der Waals surface area contributed by atoms with Crippen molar-refractivity contribution in [1.29, 1.82) is 0 Å². The number of pyridine rings is 2. The van der Waals surface area contributed by atoms with Gasteiger partial charge in [-0.3, -0.25) is 4.98 Å².